The third-order valence-electron chi connectivity index (χ3n) is 7.60. The average molecular weight is 513 g/mol. The first-order valence-electron chi connectivity index (χ1n) is 11.7. The zero-order chi connectivity index (χ0) is 27.7. The summed E-state index contributed by atoms with van der Waals surface area (Å²) in [6, 6.07) is 1.17. The van der Waals surface area contributed by atoms with E-state index in [1.54, 1.807) is 13.8 Å². The second-order valence-corrected chi connectivity index (χ2v) is 10.3. The Morgan fingerprint density at radius 2 is 1.73 bits per heavy atom. The largest absolute Gasteiger partial charge is 0.508 e. The highest BCUT2D eigenvalue weighted by atomic mass is 16.3. The van der Waals surface area contributed by atoms with Crippen molar-refractivity contribution < 1.29 is 44.4 Å². The number of carbonyl (C=O) groups is 5. The molecule has 4 atom stereocenters. The Labute approximate surface area is 211 Å². The number of phenolic OH excluding ortho intramolecular Hbond substituents is 1. The van der Waals surface area contributed by atoms with Crippen LogP contribution >= 0.6 is 0 Å². The lowest BCUT2D eigenvalue weighted by molar-refractivity contribution is -0.153. The number of benzene rings is 1. The van der Waals surface area contributed by atoms with Crippen LogP contribution in [0.15, 0.2) is 29.0 Å². The summed E-state index contributed by atoms with van der Waals surface area (Å²) in [4.78, 5) is 65.7. The third-order valence-corrected chi connectivity index (χ3v) is 7.60. The molecule has 0 saturated heterocycles. The highest BCUT2D eigenvalue weighted by molar-refractivity contribution is 6.44. The van der Waals surface area contributed by atoms with Crippen LogP contribution in [0.3, 0.4) is 0 Å². The number of aromatic hydroxyl groups is 1. The van der Waals surface area contributed by atoms with Gasteiger partial charge in [-0.05, 0) is 50.6 Å². The van der Waals surface area contributed by atoms with Crippen LogP contribution in [0.25, 0.3) is 5.76 Å². The number of aliphatic hydroxyl groups excluding tert-OH is 2. The summed E-state index contributed by atoms with van der Waals surface area (Å²) < 4.78 is 0. The van der Waals surface area contributed by atoms with Gasteiger partial charge in [0.05, 0.1) is 11.6 Å². The van der Waals surface area contributed by atoms with Gasteiger partial charge in [0.2, 0.25) is 17.3 Å². The van der Waals surface area contributed by atoms with Crippen LogP contribution in [0.1, 0.15) is 41.8 Å². The number of phenols is 1. The Kier molecular flexibility index (Phi) is 6.12. The molecule has 3 aliphatic rings. The molecule has 11 heteroatoms. The molecule has 1 fully saturated rings. The number of aliphatic hydroxyl groups is 3. The first-order valence-corrected chi connectivity index (χ1v) is 11.7. The van der Waals surface area contributed by atoms with Crippen molar-refractivity contribution in [3.8, 4) is 5.75 Å². The molecule has 1 aromatic carbocycles. The molecule has 3 aliphatic carbocycles. The van der Waals surface area contributed by atoms with Crippen LogP contribution in [0.4, 0.5) is 0 Å². The van der Waals surface area contributed by atoms with Crippen molar-refractivity contribution in [1.29, 1.82) is 0 Å². The minimum atomic E-state index is -2.75. The van der Waals surface area contributed by atoms with E-state index in [2.05, 4.69) is 0 Å². The van der Waals surface area contributed by atoms with E-state index in [4.69, 9.17) is 5.73 Å². The van der Waals surface area contributed by atoms with Gasteiger partial charge < -0.3 is 26.2 Å². The number of rotatable bonds is 5. The topological polar surface area (TPSA) is 196 Å². The molecule has 4 rings (SSSR count). The van der Waals surface area contributed by atoms with Gasteiger partial charge in [0.25, 0.3) is 5.91 Å². The lowest BCUT2D eigenvalue weighted by Gasteiger charge is -2.50. The molecule has 0 radical (unpaired) electrons. The number of primary amides is 1. The molecule has 11 nitrogen and oxygen atoms in total. The predicted molar refractivity (Wildman–Crippen MR) is 128 cm³/mol. The minimum Gasteiger partial charge on any atom is -0.508 e. The van der Waals surface area contributed by atoms with Crippen LogP contribution in [-0.4, -0.2) is 80.1 Å². The first-order chi connectivity index (χ1) is 17.2. The summed E-state index contributed by atoms with van der Waals surface area (Å²) in [6.07, 6.45) is -0.192. The Balaban J connectivity index is 1.96. The number of fused-ring (bicyclic) bond motifs is 3. The molecule has 6 N–H and O–H groups in total. The third kappa shape index (κ3) is 3.52. The zero-order valence-electron chi connectivity index (χ0n) is 20.7. The van der Waals surface area contributed by atoms with Crippen LogP contribution in [-0.2, 0) is 25.6 Å². The van der Waals surface area contributed by atoms with Gasteiger partial charge >= 0.3 is 0 Å². The molecule has 196 valence electrons. The van der Waals surface area contributed by atoms with Crippen molar-refractivity contribution >= 4 is 34.8 Å². The maximum absolute atomic E-state index is 13.8. The molecule has 0 aromatic heterocycles. The molecule has 0 heterocycles. The van der Waals surface area contributed by atoms with Crippen molar-refractivity contribution in [2.24, 2.45) is 23.5 Å². The van der Waals surface area contributed by atoms with Crippen molar-refractivity contribution in [2.45, 2.75) is 38.3 Å². The molecule has 4 unspecified atom stereocenters. The van der Waals surface area contributed by atoms with E-state index in [0.29, 0.717) is 0 Å². The van der Waals surface area contributed by atoms with Gasteiger partial charge in [-0.15, -0.1) is 0 Å². The van der Waals surface area contributed by atoms with Gasteiger partial charge in [-0.3, -0.25) is 28.9 Å². The quantitative estimate of drug-likeness (QED) is 0.209. The molecule has 1 aromatic rings. The molecule has 0 bridgehead atoms. The van der Waals surface area contributed by atoms with E-state index in [9.17, 15) is 44.4 Å². The van der Waals surface area contributed by atoms with Gasteiger partial charge in [0.1, 0.15) is 22.8 Å². The normalized spacial score (nSPS) is 27.3. The molecular weight excluding hydrogens is 484 g/mol. The van der Waals surface area contributed by atoms with Gasteiger partial charge in [-0.25, -0.2) is 0 Å². The zero-order valence-corrected chi connectivity index (χ0v) is 20.7. The fourth-order valence-corrected chi connectivity index (χ4v) is 5.85. The number of nitrogens with two attached hydrogens (primary N) is 1. The van der Waals surface area contributed by atoms with E-state index >= 15 is 0 Å². The number of ketones is 4. The molecule has 37 heavy (non-hydrogen) atoms. The number of Topliss-reactive ketones (excluding diaryl/α,β-unsaturated/α-hetero) is 4. The van der Waals surface area contributed by atoms with Crippen LogP contribution in [0.2, 0.25) is 0 Å². The maximum atomic E-state index is 13.8. The summed E-state index contributed by atoms with van der Waals surface area (Å²) in [5, 5.41) is 44.1. The van der Waals surface area contributed by atoms with E-state index in [0.717, 1.165) is 6.07 Å². The highest BCUT2D eigenvalue weighted by Gasteiger charge is 2.64. The standard InChI is InChI=1S/C26H28N2O9/c1-9(2)19(30)20(31)11-5-6-14(29)16-12(11)7-10-8-13-18(28(3)4)22(33)17(25(27)36)24(35)26(13,37)23(34)15(10)21(16)32/h5-6,9-10,13,18,29,32,35,37H,7-8H2,1-4H3,(H2,27,36). The lowest BCUT2D eigenvalue weighted by atomic mass is 9.57. The summed E-state index contributed by atoms with van der Waals surface area (Å²) in [6.45, 7) is 3.12. The van der Waals surface area contributed by atoms with E-state index < -0.39 is 81.3 Å². The Bertz CT molecular complexity index is 1350. The summed E-state index contributed by atoms with van der Waals surface area (Å²) in [5.74, 6) is -9.86. The average Bonchev–Trinajstić information content (AvgIpc) is 2.80. The monoisotopic (exact) mass is 512 g/mol. The number of amides is 1. The lowest BCUT2D eigenvalue weighted by Crippen LogP contribution is -2.65. The predicted octanol–water partition coefficient (Wildman–Crippen LogP) is 0.372. The minimum absolute atomic E-state index is 0.0342. The fraction of sp³-hybridized carbons (Fsp3) is 0.423. The summed E-state index contributed by atoms with van der Waals surface area (Å²) >= 11 is 0. The van der Waals surface area contributed by atoms with Crippen molar-refractivity contribution in [3.05, 3.63) is 45.7 Å². The summed E-state index contributed by atoms with van der Waals surface area (Å²) in [5.41, 5.74) is 1.20. The fourth-order valence-electron chi connectivity index (χ4n) is 5.85. The number of likely N-dealkylation sites (N-methyl/N-ethyl adjacent to an activating group) is 1. The highest BCUT2D eigenvalue weighted by Crippen LogP contribution is 2.53. The van der Waals surface area contributed by atoms with Gasteiger partial charge in [-0.1, -0.05) is 13.8 Å². The molecule has 0 spiro atoms. The van der Waals surface area contributed by atoms with Crippen molar-refractivity contribution in [1.82, 2.24) is 4.90 Å². The molecule has 0 aliphatic heterocycles. The van der Waals surface area contributed by atoms with E-state index in [-0.39, 0.29) is 35.1 Å². The van der Waals surface area contributed by atoms with Crippen LogP contribution in [0.5, 0.6) is 5.75 Å². The maximum Gasteiger partial charge on any atom is 0.255 e. The molecule has 1 saturated carbocycles. The smallest absolute Gasteiger partial charge is 0.255 e. The number of hydrogen-bond acceptors (Lipinski definition) is 10. The Hall–Kier alpha value is -3.83. The van der Waals surface area contributed by atoms with Crippen LogP contribution in [0, 0.1) is 17.8 Å². The number of nitrogens with zero attached hydrogens (tertiary/aromatic N) is 1. The summed E-state index contributed by atoms with van der Waals surface area (Å²) in [7, 11) is 3.00. The first kappa shape index (κ1) is 26.2. The SMILES string of the molecule is CC(C)C(=O)C(=O)c1ccc(O)c2c1CC1CC3C(N(C)C)C(=O)C(C(N)=O)=C(O)C3(O)C(=O)C1=C2O. The van der Waals surface area contributed by atoms with Gasteiger partial charge in [0.15, 0.2) is 11.4 Å². The number of carbonyl (C=O) groups excluding carboxylic acids is 5. The van der Waals surface area contributed by atoms with Gasteiger partial charge in [-0.2, -0.15) is 0 Å². The van der Waals surface area contributed by atoms with E-state index in [1.165, 1.54) is 25.1 Å². The second kappa shape index (κ2) is 8.63. The molecule has 1 amide bonds. The van der Waals surface area contributed by atoms with Gasteiger partial charge in [0, 0.05) is 23.0 Å². The van der Waals surface area contributed by atoms with Crippen LogP contribution < -0.4 is 5.73 Å². The van der Waals surface area contributed by atoms with Crippen molar-refractivity contribution in [2.75, 3.05) is 14.1 Å². The second-order valence-electron chi connectivity index (χ2n) is 10.3. The number of hydrogen-bond donors (Lipinski definition) is 5. The Morgan fingerprint density at radius 3 is 2.27 bits per heavy atom. The van der Waals surface area contributed by atoms with Crippen molar-refractivity contribution in [3.63, 3.8) is 0 Å². The molecular formula is C26H28N2O9. The Morgan fingerprint density at radius 1 is 1.11 bits per heavy atom. The van der Waals surface area contributed by atoms with E-state index in [1.807, 2.05) is 0 Å².